The fourth-order valence-corrected chi connectivity index (χ4v) is 1.80. The van der Waals surface area contributed by atoms with Crippen molar-refractivity contribution < 1.29 is 0 Å². The number of nitrogens with two attached hydrogens (primary N) is 1. The van der Waals surface area contributed by atoms with E-state index >= 15 is 0 Å². The Hall–Kier alpha value is -0.120. The summed E-state index contributed by atoms with van der Waals surface area (Å²) in [5.74, 6) is 0. The van der Waals surface area contributed by atoms with Crippen LogP contribution in [0.4, 0.5) is 0 Å². The van der Waals surface area contributed by atoms with E-state index < -0.39 is 0 Å². The summed E-state index contributed by atoms with van der Waals surface area (Å²) >= 11 is 0. The third-order valence-electron chi connectivity index (χ3n) is 2.72. The van der Waals surface area contributed by atoms with Gasteiger partial charge in [-0.3, -0.25) is 4.90 Å². The Bertz CT molecular complexity index is 121. The van der Waals surface area contributed by atoms with Gasteiger partial charge in [-0.15, -0.1) is 0 Å². The highest BCUT2D eigenvalue weighted by Gasteiger charge is 2.15. The molecule has 0 aromatic heterocycles. The fourth-order valence-electron chi connectivity index (χ4n) is 1.80. The van der Waals surface area contributed by atoms with Crippen molar-refractivity contribution in [3.8, 4) is 0 Å². The molecule has 0 bridgehead atoms. The van der Waals surface area contributed by atoms with Crippen LogP contribution in [0.1, 0.15) is 32.6 Å². The number of hydrogen-bond donors (Lipinski definition) is 2. The standard InChI is InChI=1S/C10H23N3/c1-2-3-4-5-10(11)13-8-6-12-7-9-13/h10,12H,2-9,11H2,1H3. The summed E-state index contributed by atoms with van der Waals surface area (Å²) in [5.41, 5.74) is 6.09. The van der Waals surface area contributed by atoms with Crippen LogP contribution in [-0.2, 0) is 0 Å². The lowest BCUT2D eigenvalue weighted by Crippen LogP contribution is -2.51. The van der Waals surface area contributed by atoms with Gasteiger partial charge in [-0.25, -0.2) is 0 Å². The van der Waals surface area contributed by atoms with Crippen molar-refractivity contribution in [1.82, 2.24) is 10.2 Å². The zero-order chi connectivity index (χ0) is 9.52. The van der Waals surface area contributed by atoms with Crippen LogP contribution < -0.4 is 11.1 Å². The van der Waals surface area contributed by atoms with Crippen LogP contribution in [0.5, 0.6) is 0 Å². The molecule has 0 aromatic rings. The van der Waals surface area contributed by atoms with Gasteiger partial charge in [-0.2, -0.15) is 0 Å². The normalized spacial score (nSPS) is 21.7. The first-order chi connectivity index (χ1) is 6.34. The van der Waals surface area contributed by atoms with E-state index in [-0.39, 0.29) is 0 Å². The summed E-state index contributed by atoms with van der Waals surface area (Å²) in [6.45, 7) is 6.67. The third-order valence-corrected chi connectivity index (χ3v) is 2.72. The summed E-state index contributed by atoms with van der Waals surface area (Å²) in [6.07, 6.45) is 5.34. The number of piperazine rings is 1. The Morgan fingerprint density at radius 2 is 2.00 bits per heavy atom. The van der Waals surface area contributed by atoms with Crippen LogP contribution in [0.25, 0.3) is 0 Å². The van der Waals surface area contributed by atoms with Crippen molar-refractivity contribution in [3.63, 3.8) is 0 Å². The highest BCUT2D eigenvalue weighted by Crippen LogP contribution is 2.06. The first kappa shape index (κ1) is 11.0. The molecule has 1 aliphatic heterocycles. The summed E-state index contributed by atoms with van der Waals surface area (Å²) in [6, 6.07) is 0. The van der Waals surface area contributed by atoms with E-state index in [1.807, 2.05) is 0 Å². The van der Waals surface area contributed by atoms with E-state index in [9.17, 15) is 0 Å². The van der Waals surface area contributed by atoms with E-state index in [4.69, 9.17) is 5.73 Å². The summed E-state index contributed by atoms with van der Waals surface area (Å²) in [7, 11) is 0. The molecule has 13 heavy (non-hydrogen) atoms. The first-order valence-electron chi connectivity index (χ1n) is 5.55. The van der Waals surface area contributed by atoms with Crippen molar-refractivity contribution in [2.75, 3.05) is 26.2 Å². The topological polar surface area (TPSA) is 41.3 Å². The smallest absolute Gasteiger partial charge is 0.0572 e. The maximum absolute atomic E-state index is 6.09. The van der Waals surface area contributed by atoms with Gasteiger partial charge < -0.3 is 11.1 Å². The molecular formula is C10H23N3. The lowest BCUT2D eigenvalue weighted by molar-refractivity contribution is 0.166. The Labute approximate surface area is 81.7 Å². The number of nitrogens with zero attached hydrogens (tertiary/aromatic N) is 1. The first-order valence-corrected chi connectivity index (χ1v) is 5.55. The van der Waals surface area contributed by atoms with E-state index in [0.717, 1.165) is 32.6 Å². The molecule has 3 nitrogen and oxygen atoms in total. The predicted molar refractivity (Wildman–Crippen MR) is 56.6 cm³/mol. The Morgan fingerprint density at radius 1 is 1.31 bits per heavy atom. The summed E-state index contributed by atoms with van der Waals surface area (Å²) < 4.78 is 0. The van der Waals surface area contributed by atoms with Gasteiger partial charge in [0.1, 0.15) is 0 Å². The second kappa shape index (κ2) is 6.35. The molecule has 1 unspecified atom stereocenters. The molecule has 1 aliphatic rings. The van der Waals surface area contributed by atoms with E-state index in [1.54, 1.807) is 0 Å². The summed E-state index contributed by atoms with van der Waals surface area (Å²) in [4.78, 5) is 2.40. The molecule has 0 saturated carbocycles. The van der Waals surface area contributed by atoms with Gasteiger partial charge in [-0.05, 0) is 6.42 Å². The highest BCUT2D eigenvalue weighted by atomic mass is 15.3. The molecule has 1 heterocycles. The molecule has 1 saturated heterocycles. The third kappa shape index (κ3) is 4.07. The number of unbranched alkanes of at least 4 members (excludes halogenated alkanes) is 2. The molecule has 0 aliphatic carbocycles. The van der Waals surface area contributed by atoms with Crippen molar-refractivity contribution >= 4 is 0 Å². The lowest BCUT2D eigenvalue weighted by atomic mass is 10.1. The van der Waals surface area contributed by atoms with Gasteiger partial charge in [0.25, 0.3) is 0 Å². The molecule has 0 amide bonds. The summed E-state index contributed by atoms with van der Waals surface area (Å²) in [5, 5.41) is 3.34. The van der Waals surface area contributed by atoms with Crippen molar-refractivity contribution in [3.05, 3.63) is 0 Å². The monoisotopic (exact) mass is 185 g/mol. The Morgan fingerprint density at radius 3 is 2.62 bits per heavy atom. The Kier molecular flexibility index (Phi) is 5.35. The molecule has 3 heteroatoms. The van der Waals surface area contributed by atoms with Crippen molar-refractivity contribution in [2.24, 2.45) is 5.73 Å². The average molecular weight is 185 g/mol. The van der Waals surface area contributed by atoms with Crippen LogP contribution >= 0.6 is 0 Å². The molecular weight excluding hydrogens is 162 g/mol. The van der Waals surface area contributed by atoms with Crippen molar-refractivity contribution in [1.29, 1.82) is 0 Å². The SMILES string of the molecule is CCCCCC(N)N1CCNCC1. The zero-order valence-corrected chi connectivity index (χ0v) is 8.76. The number of nitrogens with one attached hydrogen (secondary N) is 1. The molecule has 0 radical (unpaired) electrons. The van der Waals surface area contributed by atoms with Crippen LogP contribution in [0, 0.1) is 0 Å². The molecule has 1 rings (SSSR count). The molecule has 1 fully saturated rings. The molecule has 1 atom stereocenters. The molecule has 3 N–H and O–H groups in total. The second-order valence-corrected chi connectivity index (χ2v) is 3.85. The average Bonchev–Trinajstić information content (AvgIpc) is 2.19. The molecule has 0 aromatic carbocycles. The maximum atomic E-state index is 6.09. The minimum Gasteiger partial charge on any atom is -0.316 e. The fraction of sp³-hybridized carbons (Fsp3) is 1.00. The van der Waals surface area contributed by atoms with E-state index in [0.29, 0.717) is 6.17 Å². The van der Waals surface area contributed by atoms with Gasteiger partial charge in [-0.1, -0.05) is 26.2 Å². The Balaban J connectivity index is 2.09. The van der Waals surface area contributed by atoms with Gasteiger partial charge in [0.2, 0.25) is 0 Å². The van der Waals surface area contributed by atoms with Crippen LogP contribution in [-0.4, -0.2) is 37.2 Å². The molecule has 0 spiro atoms. The number of hydrogen-bond acceptors (Lipinski definition) is 3. The van der Waals surface area contributed by atoms with Gasteiger partial charge in [0.15, 0.2) is 0 Å². The second-order valence-electron chi connectivity index (χ2n) is 3.85. The highest BCUT2D eigenvalue weighted by molar-refractivity contribution is 4.72. The largest absolute Gasteiger partial charge is 0.316 e. The predicted octanol–water partition coefficient (Wildman–Crippen LogP) is 0.757. The van der Waals surface area contributed by atoms with Crippen molar-refractivity contribution in [2.45, 2.75) is 38.8 Å². The van der Waals surface area contributed by atoms with Crippen LogP contribution in [0.15, 0.2) is 0 Å². The van der Waals surface area contributed by atoms with Crippen LogP contribution in [0.3, 0.4) is 0 Å². The number of rotatable bonds is 5. The van der Waals surface area contributed by atoms with E-state index in [2.05, 4.69) is 17.1 Å². The zero-order valence-electron chi connectivity index (χ0n) is 8.76. The van der Waals surface area contributed by atoms with Gasteiger partial charge in [0, 0.05) is 26.2 Å². The molecule has 78 valence electrons. The lowest BCUT2D eigenvalue weighted by Gasteiger charge is -2.32. The minimum atomic E-state index is 0.300. The maximum Gasteiger partial charge on any atom is 0.0572 e. The van der Waals surface area contributed by atoms with Gasteiger partial charge >= 0.3 is 0 Å². The van der Waals surface area contributed by atoms with Crippen LogP contribution in [0.2, 0.25) is 0 Å². The minimum absolute atomic E-state index is 0.300. The van der Waals surface area contributed by atoms with Gasteiger partial charge in [0.05, 0.1) is 6.17 Å². The van der Waals surface area contributed by atoms with E-state index in [1.165, 1.54) is 19.3 Å². The quantitative estimate of drug-likeness (QED) is 0.621.